The van der Waals surface area contributed by atoms with Crippen LogP contribution in [0, 0.1) is 19.8 Å². The number of ether oxygens (including phenoxy) is 1. The molecule has 1 aromatic heterocycles. The molecule has 1 saturated carbocycles. The van der Waals surface area contributed by atoms with Crippen LogP contribution in [0.1, 0.15) is 24.2 Å². The van der Waals surface area contributed by atoms with E-state index in [1.807, 2.05) is 13.3 Å². The molecule has 0 N–H and O–H groups in total. The Bertz CT molecular complexity index is 289. The summed E-state index contributed by atoms with van der Waals surface area (Å²) in [5.41, 5.74) is 2.30. The Balaban J connectivity index is 1.82. The van der Waals surface area contributed by atoms with E-state index in [0.29, 0.717) is 6.73 Å². The van der Waals surface area contributed by atoms with Gasteiger partial charge in [0.25, 0.3) is 0 Å². The van der Waals surface area contributed by atoms with Crippen molar-refractivity contribution in [2.45, 2.75) is 33.4 Å². The molecule has 72 valence electrons. The van der Waals surface area contributed by atoms with Crippen LogP contribution in [0.3, 0.4) is 0 Å². The van der Waals surface area contributed by atoms with Gasteiger partial charge in [-0.05, 0) is 32.6 Å². The van der Waals surface area contributed by atoms with Gasteiger partial charge in [-0.1, -0.05) is 0 Å². The lowest BCUT2D eigenvalue weighted by Gasteiger charge is -2.05. The normalized spacial score (nSPS) is 16.5. The quantitative estimate of drug-likeness (QED) is 0.707. The minimum atomic E-state index is 0.656. The largest absolute Gasteiger partial charge is 0.360 e. The number of aryl methyl sites for hydroxylation is 1. The van der Waals surface area contributed by atoms with Gasteiger partial charge in [-0.25, -0.2) is 4.98 Å². The third-order valence-electron chi connectivity index (χ3n) is 2.63. The van der Waals surface area contributed by atoms with Crippen molar-refractivity contribution in [2.24, 2.45) is 5.92 Å². The molecule has 1 heterocycles. The van der Waals surface area contributed by atoms with Crippen LogP contribution in [-0.2, 0) is 11.5 Å². The molecule has 0 unspecified atom stereocenters. The van der Waals surface area contributed by atoms with Crippen LogP contribution < -0.4 is 0 Å². The van der Waals surface area contributed by atoms with Crippen LogP contribution in [0.5, 0.6) is 0 Å². The first kappa shape index (κ1) is 8.75. The number of aromatic nitrogens is 2. The second-order valence-electron chi connectivity index (χ2n) is 3.83. The van der Waals surface area contributed by atoms with Gasteiger partial charge in [-0.3, -0.25) is 0 Å². The minimum absolute atomic E-state index is 0.656. The second kappa shape index (κ2) is 3.50. The maximum absolute atomic E-state index is 5.56. The molecule has 1 aliphatic carbocycles. The van der Waals surface area contributed by atoms with Gasteiger partial charge in [0.15, 0.2) is 0 Å². The summed E-state index contributed by atoms with van der Waals surface area (Å²) in [6.07, 6.45) is 4.54. The molecule has 0 aromatic carbocycles. The van der Waals surface area contributed by atoms with Crippen LogP contribution in [0.25, 0.3) is 0 Å². The lowest BCUT2D eigenvalue weighted by molar-refractivity contribution is 0.0678. The zero-order valence-electron chi connectivity index (χ0n) is 8.29. The second-order valence-corrected chi connectivity index (χ2v) is 3.83. The van der Waals surface area contributed by atoms with Crippen molar-refractivity contribution < 1.29 is 4.74 Å². The molecule has 0 aliphatic heterocycles. The number of imidazole rings is 1. The molecular weight excluding hydrogens is 164 g/mol. The van der Waals surface area contributed by atoms with Gasteiger partial charge >= 0.3 is 0 Å². The Morgan fingerprint density at radius 3 is 2.85 bits per heavy atom. The van der Waals surface area contributed by atoms with Gasteiger partial charge < -0.3 is 9.30 Å². The summed E-state index contributed by atoms with van der Waals surface area (Å²) in [5, 5.41) is 0. The van der Waals surface area contributed by atoms with E-state index >= 15 is 0 Å². The third-order valence-corrected chi connectivity index (χ3v) is 2.63. The maximum Gasteiger partial charge on any atom is 0.124 e. The first-order valence-corrected chi connectivity index (χ1v) is 4.83. The molecule has 1 aliphatic rings. The summed E-state index contributed by atoms with van der Waals surface area (Å²) < 4.78 is 7.61. The fraction of sp³-hybridized carbons (Fsp3) is 0.700. The van der Waals surface area contributed by atoms with Gasteiger partial charge in [-0.15, -0.1) is 0 Å². The molecule has 0 atom stereocenters. The number of hydrogen-bond acceptors (Lipinski definition) is 2. The lowest BCUT2D eigenvalue weighted by atomic mass is 10.4. The topological polar surface area (TPSA) is 27.1 Å². The van der Waals surface area contributed by atoms with Crippen molar-refractivity contribution in [1.82, 2.24) is 9.55 Å². The molecule has 3 heteroatoms. The predicted octanol–water partition coefficient (Wildman–Crippen LogP) is 1.88. The summed E-state index contributed by atoms with van der Waals surface area (Å²) in [7, 11) is 0. The van der Waals surface area contributed by atoms with Crippen molar-refractivity contribution in [3.8, 4) is 0 Å². The van der Waals surface area contributed by atoms with E-state index in [9.17, 15) is 0 Å². The van der Waals surface area contributed by atoms with Gasteiger partial charge in [0.05, 0.1) is 18.6 Å². The summed E-state index contributed by atoms with van der Waals surface area (Å²) in [6.45, 7) is 5.66. The molecule has 0 spiro atoms. The zero-order valence-corrected chi connectivity index (χ0v) is 8.29. The highest BCUT2D eigenvalue weighted by molar-refractivity contribution is 5.07. The molecule has 0 radical (unpaired) electrons. The van der Waals surface area contributed by atoms with Crippen LogP contribution in [0.2, 0.25) is 0 Å². The molecule has 0 amide bonds. The molecule has 1 fully saturated rings. The van der Waals surface area contributed by atoms with Gasteiger partial charge in [0, 0.05) is 5.69 Å². The number of hydrogen-bond donors (Lipinski definition) is 0. The van der Waals surface area contributed by atoms with Gasteiger partial charge in [0.1, 0.15) is 6.73 Å². The smallest absolute Gasteiger partial charge is 0.124 e. The monoisotopic (exact) mass is 180 g/mol. The number of rotatable bonds is 4. The van der Waals surface area contributed by atoms with E-state index in [2.05, 4.69) is 16.5 Å². The van der Waals surface area contributed by atoms with E-state index in [0.717, 1.165) is 18.2 Å². The van der Waals surface area contributed by atoms with Crippen LogP contribution in [0.15, 0.2) is 6.33 Å². The average molecular weight is 180 g/mol. The molecule has 1 aromatic rings. The summed E-state index contributed by atoms with van der Waals surface area (Å²) in [5.74, 6) is 0.838. The Morgan fingerprint density at radius 2 is 2.31 bits per heavy atom. The Morgan fingerprint density at radius 1 is 1.54 bits per heavy atom. The highest BCUT2D eigenvalue weighted by Crippen LogP contribution is 2.28. The van der Waals surface area contributed by atoms with Crippen molar-refractivity contribution in [3.63, 3.8) is 0 Å². The van der Waals surface area contributed by atoms with Crippen LogP contribution in [0.4, 0.5) is 0 Å². The van der Waals surface area contributed by atoms with Crippen LogP contribution in [-0.4, -0.2) is 16.2 Å². The molecule has 2 rings (SSSR count). The zero-order chi connectivity index (χ0) is 9.26. The molecule has 0 bridgehead atoms. The van der Waals surface area contributed by atoms with Crippen LogP contribution >= 0.6 is 0 Å². The lowest BCUT2D eigenvalue weighted by Crippen LogP contribution is -2.05. The predicted molar refractivity (Wildman–Crippen MR) is 50.4 cm³/mol. The van der Waals surface area contributed by atoms with E-state index in [-0.39, 0.29) is 0 Å². The first-order valence-electron chi connectivity index (χ1n) is 4.83. The van der Waals surface area contributed by atoms with E-state index in [4.69, 9.17) is 4.74 Å². The standard InChI is InChI=1S/C10H16N2O/c1-8-9(2)12(6-11-8)7-13-5-10-3-4-10/h6,10H,3-5,7H2,1-2H3. The molecule has 0 saturated heterocycles. The Labute approximate surface area is 78.7 Å². The third kappa shape index (κ3) is 2.10. The van der Waals surface area contributed by atoms with Crippen molar-refractivity contribution >= 4 is 0 Å². The fourth-order valence-corrected chi connectivity index (χ4v) is 1.28. The Kier molecular flexibility index (Phi) is 2.36. The molecule has 3 nitrogen and oxygen atoms in total. The summed E-state index contributed by atoms with van der Waals surface area (Å²) >= 11 is 0. The van der Waals surface area contributed by atoms with Crippen molar-refractivity contribution in [2.75, 3.05) is 6.61 Å². The van der Waals surface area contributed by atoms with E-state index in [1.54, 1.807) is 0 Å². The molecular formula is C10H16N2O. The summed E-state index contributed by atoms with van der Waals surface area (Å²) in [4.78, 5) is 4.21. The molecule has 13 heavy (non-hydrogen) atoms. The highest BCUT2D eigenvalue weighted by Gasteiger charge is 2.21. The fourth-order valence-electron chi connectivity index (χ4n) is 1.28. The minimum Gasteiger partial charge on any atom is -0.360 e. The average Bonchev–Trinajstić information content (AvgIpc) is 2.88. The van der Waals surface area contributed by atoms with E-state index < -0.39 is 0 Å². The van der Waals surface area contributed by atoms with Gasteiger partial charge in [-0.2, -0.15) is 0 Å². The Hall–Kier alpha value is -0.830. The maximum atomic E-state index is 5.56. The van der Waals surface area contributed by atoms with Crippen molar-refractivity contribution in [1.29, 1.82) is 0 Å². The SMILES string of the molecule is Cc1ncn(COCC2CC2)c1C. The van der Waals surface area contributed by atoms with Gasteiger partial charge in [0.2, 0.25) is 0 Å². The number of nitrogens with zero attached hydrogens (tertiary/aromatic N) is 2. The first-order chi connectivity index (χ1) is 6.27. The van der Waals surface area contributed by atoms with E-state index in [1.165, 1.54) is 18.5 Å². The van der Waals surface area contributed by atoms with Crippen molar-refractivity contribution in [3.05, 3.63) is 17.7 Å². The summed E-state index contributed by atoms with van der Waals surface area (Å²) in [6, 6.07) is 0. The highest BCUT2D eigenvalue weighted by atomic mass is 16.5.